The molecule has 0 unspecified atom stereocenters. The van der Waals surface area contributed by atoms with Crippen molar-refractivity contribution in [1.82, 2.24) is 4.98 Å². The fourth-order valence-electron chi connectivity index (χ4n) is 2.34. The highest BCUT2D eigenvalue weighted by Gasteiger charge is 2.53. The first kappa shape index (κ1) is 15.9. The lowest BCUT2D eigenvalue weighted by molar-refractivity contribution is -0.497. The van der Waals surface area contributed by atoms with Crippen LogP contribution >= 0.6 is 0 Å². The number of carbonyl (C=O) groups excluding carboxylic acids is 1. The summed E-state index contributed by atoms with van der Waals surface area (Å²) < 4.78 is 5.67. The van der Waals surface area contributed by atoms with Crippen LogP contribution in [-0.2, 0) is 4.79 Å². The Kier molecular flexibility index (Phi) is 4.16. The maximum atomic E-state index is 11.9. The maximum Gasteiger partial charge on any atom is 0.234 e. The lowest BCUT2D eigenvalue weighted by Gasteiger charge is -2.08. The minimum Gasteiger partial charge on any atom is -0.439 e. The Labute approximate surface area is 138 Å². The third-order valence-corrected chi connectivity index (χ3v) is 4.07. The molecule has 3 rings (SSSR count). The van der Waals surface area contributed by atoms with Gasteiger partial charge < -0.3 is 10.1 Å². The van der Waals surface area contributed by atoms with Gasteiger partial charge in [0.1, 0.15) is 11.7 Å². The lowest BCUT2D eigenvalue weighted by atomic mass is 10.1. The van der Waals surface area contributed by atoms with Crippen LogP contribution < -0.4 is 10.1 Å². The fourth-order valence-corrected chi connectivity index (χ4v) is 2.34. The van der Waals surface area contributed by atoms with Crippen molar-refractivity contribution in [3.8, 4) is 11.6 Å². The SMILES string of the molecule is Cc1ccc(Oc2ccc(NC(=O)[C@H]3C[C@H]3[N+](=O)[O-])cn2)cc1C. The maximum absolute atomic E-state index is 11.9. The van der Waals surface area contributed by atoms with Crippen molar-refractivity contribution in [2.24, 2.45) is 5.92 Å². The number of nitrogens with zero attached hydrogens (tertiary/aromatic N) is 2. The predicted molar refractivity (Wildman–Crippen MR) is 87.7 cm³/mol. The van der Waals surface area contributed by atoms with Crippen LogP contribution in [0.15, 0.2) is 36.5 Å². The molecule has 0 saturated heterocycles. The van der Waals surface area contributed by atoms with Gasteiger partial charge >= 0.3 is 0 Å². The van der Waals surface area contributed by atoms with E-state index in [0.717, 1.165) is 5.56 Å². The highest BCUT2D eigenvalue weighted by molar-refractivity contribution is 5.94. The van der Waals surface area contributed by atoms with Gasteiger partial charge in [0.05, 0.1) is 11.9 Å². The number of anilines is 1. The number of aromatic nitrogens is 1. The fraction of sp³-hybridized carbons (Fsp3) is 0.294. The molecule has 0 bridgehead atoms. The molecule has 1 amide bonds. The second-order valence-electron chi connectivity index (χ2n) is 5.92. The minimum atomic E-state index is -0.759. The van der Waals surface area contributed by atoms with Crippen LogP contribution in [0.3, 0.4) is 0 Å². The van der Waals surface area contributed by atoms with Crippen molar-refractivity contribution in [2.45, 2.75) is 26.3 Å². The Morgan fingerprint density at radius 2 is 2.08 bits per heavy atom. The lowest BCUT2D eigenvalue weighted by Crippen LogP contribution is -2.18. The van der Waals surface area contributed by atoms with E-state index < -0.39 is 16.9 Å². The number of benzene rings is 1. The Morgan fingerprint density at radius 3 is 2.67 bits per heavy atom. The molecule has 1 N–H and O–H groups in total. The summed E-state index contributed by atoms with van der Waals surface area (Å²) in [5, 5.41) is 13.2. The first-order chi connectivity index (χ1) is 11.4. The van der Waals surface area contributed by atoms with E-state index >= 15 is 0 Å². The molecule has 24 heavy (non-hydrogen) atoms. The number of rotatable bonds is 5. The zero-order chi connectivity index (χ0) is 17.3. The van der Waals surface area contributed by atoms with Gasteiger partial charge in [0.15, 0.2) is 0 Å². The van der Waals surface area contributed by atoms with Crippen molar-refractivity contribution >= 4 is 11.6 Å². The average Bonchev–Trinajstić information content (AvgIpc) is 3.34. The number of amides is 1. The first-order valence-electron chi connectivity index (χ1n) is 7.59. The third-order valence-electron chi connectivity index (χ3n) is 4.07. The van der Waals surface area contributed by atoms with E-state index in [1.54, 1.807) is 12.1 Å². The van der Waals surface area contributed by atoms with Crippen LogP contribution in [0.2, 0.25) is 0 Å². The second-order valence-corrected chi connectivity index (χ2v) is 5.92. The number of aryl methyl sites for hydroxylation is 2. The Balaban J connectivity index is 1.60. The summed E-state index contributed by atoms with van der Waals surface area (Å²) >= 11 is 0. The minimum absolute atomic E-state index is 0.292. The standard InChI is InChI=1S/C17H17N3O4/c1-10-3-5-13(7-11(10)2)24-16-6-4-12(9-18-16)19-17(21)14-8-15(14)20(22)23/h3-7,9,14-15H,8H2,1-2H3,(H,19,21)/t14-,15+/m0/s1. The smallest absolute Gasteiger partial charge is 0.234 e. The van der Waals surface area contributed by atoms with Gasteiger partial charge in [-0.1, -0.05) is 6.07 Å². The monoisotopic (exact) mass is 327 g/mol. The van der Waals surface area contributed by atoms with E-state index in [9.17, 15) is 14.9 Å². The normalized spacial score (nSPS) is 18.8. The number of nitro groups is 1. The molecule has 1 aromatic carbocycles. The van der Waals surface area contributed by atoms with Crippen LogP contribution in [0.1, 0.15) is 17.5 Å². The quantitative estimate of drug-likeness (QED) is 0.672. The van der Waals surface area contributed by atoms with Crippen LogP contribution in [0.25, 0.3) is 0 Å². The van der Waals surface area contributed by atoms with Crippen LogP contribution in [-0.4, -0.2) is 21.9 Å². The summed E-state index contributed by atoms with van der Waals surface area (Å²) in [6, 6.07) is 8.31. The molecule has 0 radical (unpaired) electrons. The topological polar surface area (TPSA) is 94.4 Å². The molecule has 2 atom stereocenters. The van der Waals surface area contributed by atoms with Crippen molar-refractivity contribution in [3.63, 3.8) is 0 Å². The van der Waals surface area contributed by atoms with Crippen molar-refractivity contribution in [2.75, 3.05) is 5.32 Å². The molecule has 2 aromatic rings. The predicted octanol–water partition coefficient (Wildman–Crippen LogP) is 3.09. The third kappa shape index (κ3) is 3.51. The van der Waals surface area contributed by atoms with E-state index in [-0.39, 0.29) is 5.91 Å². The molecule has 124 valence electrons. The van der Waals surface area contributed by atoms with E-state index in [1.165, 1.54) is 11.8 Å². The van der Waals surface area contributed by atoms with Gasteiger partial charge in [-0.25, -0.2) is 4.98 Å². The van der Waals surface area contributed by atoms with Gasteiger partial charge in [-0.15, -0.1) is 0 Å². The number of carbonyl (C=O) groups is 1. The van der Waals surface area contributed by atoms with Gasteiger partial charge in [0, 0.05) is 17.4 Å². The van der Waals surface area contributed by atoms with Crippen LogP contribution in [0.4, 0.5) is 5.69 Å². The Bertz CT molecular complexity index is 789. The van der Waals surface area contributed by atoms with E-state index in [1.807, 2.05) is 32.0 Å². The average molecular weight is 327 g/mol. The van der Waals surface area contributed by atoms with Gasteiger partial charge in [0.2, 0.25) is 17.8 Å². The summed E-state index contributed by atoms with van der Waals surface area (Å²) in [5.41, 5.74) is 2.80. The van der Waals surface area contributed by atoms with E-state index in [4.69, 9.17) is 4.74 Å². The molecule has 0 aliphatic heterocycles. The Morgan fingerprint density at radius 1 is 1.29 bits per heavy atom. The molecule has 0 spiro atoms. The van der Waals surface area contributed by atoms with Crippen LogP contribution in [0, 0.1) is 29.9 Å². The number of hydrogen-bond acceptors (Lipinski definition) is 5. The molecule has 1 saturated carbocycles. The van der Waals surface area contributed by atoms with Crippen molar-refractivity contribution < 1.29 is 14.5 Å². The van der Waals surface area contributed by atoms with Gasteiger partial charge in [-0.05, 0) is 43.2 Å². The largest absolute Gasteiger partial charge is 0.439 e. The number of pyridine rings is 1. The van der Waals surface area contributed by atoms with Gasteiger partial charge in [-0.3, -0.25) is 14.9 Å². The zero-order valence-electron chi connectivity index (χ0n) is 13.4. The summed E-state index contributed by atoms with van der Waals surface area (Å²) in [5.74, 6) is 0.202. The molecule has 7 heteroatoms. The zero-order valence-corrected chi connectivity index (χ0v) is 13.4. The molecule has 1 aliphatic carbocycles. The molecule has 1 aromatic heterocycles. The molecular formula is C17H17N3O4. The highest BCUT2D eigenvalue weighted by Crippen LogP contribution is 2.34. The Hall–Kier alpha value is -2.96. The molecule has 7 nitrogen and oxygen atoms in total. The number of hydrogen-bond donors (Lipinski definition) is 1. The van der Waals surface area contributed by atoms with Gasteiger partial charge in [-0.2, -0.15) is 0 Å². The van der Waals surface area contributed by atoms with Crippen molar-refractivity contribution in [3.05, 3.63) is 57.8 Å². The summed E-state index contributed by atoms with van der Waals surface area (Å²) in [4.78, 5) is 26.2. The first-order valence-corrected chi connectivity index (χ1v) is 7.59. The van der Waals surface area contributed by atoms with E-state index in [2.05, 4.69) is 10.3 Å². The van der Waals surface area contributed by atoms with Crippen LogP contribution in [0.5, 0.6) is 11.6 Å². The van der Waals surface area contributed by atoms with E-state index in [0.29, 0.717) is 23.7 Å². The highest BCUT2D eigenvalue weighted by atomic mass is 16.6. The number of nitrogens with one attached hydrogen (secondary N) is 1. The number of ether oxygens (including phenoxy) is 1. The molecule has 1 aliphatic rings. The summed E-state index contributed by atoms with van der Waals surface area (Å²) in [6.45, 7) is 4.03. The molecular weight excluding hydrogens is 310 g/mol. The van der Waals surface area contributed by atoms with Crippen molar-refractivity contribution in [1.29, 1.82) is 0 Å². The molecule has 1 fully saturated rings. The summed E-state index contributed by atoms with van der Waals surface area (Å²) in [6.07, 6.45) is 1.76. The molecule has 1 heterocycles. The second kappa shape index (κ2) is 6.27. The van der Waals surface area contributed by atoms with Gasteiger partial charge in [0.25, 0.3) is 0 Å². The summed E-state index contributed by atoms with van der Waals surface area (Å²) in [7, 11) is 0.